The molecule has 3 rings (SSSR count). The van der Waals surface area contributed by atoms with Crippen LogP contribution in [-0.4, -0.2) is 4.98 Å². The average Bonchev–Trinajstić information content (AvgIpc) is 2.39. The highest BCUT2D eigenvalue weighted by Gasteiger charge is 2.06. The van der Waals surface area contributed by atoms with Crippen molar-refractivity contribution >= 4 is 22.5 Å². The summed E-state index contributed by atoms with van der Waals surface area (Å²) in [4.78, 5) is 14.1. The van der Waals surface area contributed by atoms with Crippen LogP contribution in [0.25, 0.3) is 22.0 Å². The van der Waals surface area contributed by atoms with Gasteiger partial charge in [-0.25, -0.2) is 0 Å². The van der Waals surface area contributed by atoms with E-state index in [1.165, 1.54) is 11.6 Å². The van der Waals surface area contributed by atoms with Crippen LogP contribution >= 0.6 is 11.6 Å². The lowest BCUT2D eigenvalue weighted by atomic mass is 10.0. The summed E-state index contributed by atoms with van der Waals surface area (Å²) in [5.41, 5.74) is 3.90. The quantitative estimate of drug-likeness (QED) is 0.707. The standard InChI is InChI=1S/C16H12ClNO/c1-10-2-4-11(5-3-10)13-8-12-6-7-16(19)18-15(12)9-14(13)17/h2-9H,1H3,(H,18,19). The van der Waals surface area contributed by atoms with Gasteiger partial charge in [-0.3, -0.25) is 4.79 Å². The van der Waals surface area contributed by atoms with Gasteiger partial charge in [-0.1, -0.05) is 41.4 Å². The maximum Gasteiger partial charge on any atom is 0.248 e. The Morgan fingerprint density at radius 2 is 1.74 bits per heavy atom. The molecule has 0 radical (unpaired) electrons. The number of rotatable bonds is 1. The van der Waals surface area contributed by atoms with Crippen LogP contribution in [0.4, 0.5) is 0 Å². The average molecular weight is 270 g/mol. The Morgan fingerprint density at radius 3 is 2.47 bits per heavy atom. The van der Waals surface area contributed by atoms with Crippen molar-refractivity contribution in [2.24, 2.45) is 0 Å². The highest BCUT2D eigenvalue weighted by Crippen LogP contribution is 2.31. The summed E-state index contributed by atoms with van der Waals surface area (Å²) in [7, 11) is 0. The third-order valence-corrected chi connectivity index (χ3v) is 3.49. The lowest BCUT2D eigenvalue weighted by molar-refractivity contribution is 1.31. The zero-order valence-electron chi connectivity index (χ0n) is 10.4. The minimum atomic E-state index is -0.119. The first-order valence-corrected chi connectivity index (χ1v) is 6.41. The summed E-state index contributed by atoms with van der Waals surface area (Å²) < 4.78 is 0. The van der Waals surface area contributed by atoms with Gasteiger partial charge in [0.1, 0.15) is 0 Å². The second kappa shape index (κ2) is 4.56. The number of pyridine rings is 1. The summed E-state index contributed by atoms with van der Waals surface area (Å²) in [6, 6.07) is 15.3. The number of halogens is 1. The molecule has 2 nitrogen and oxygen atoms in total. The maximum atomic E-state index is 11.3. The second-order valence-electron chi connectivity index (χ2n) is 4.61. The molecule has 2 aromatic carbocycles. The van der Waals surface area contributed by atoms with Crippen LogP contribution in [0.3, 0.4) is 0 Å². The molecule has 19 heavy (non-hydrogen) atoms. The predicted octanol–water partition coefficient (Wildman–Crippen LogP) is 4.16. The van der Waals surface area contributed by atoms with E-state index in [-0.39, 0.29) is 5.56 Å². The molecule has 0 amide bonds. The normalized spacial score (nSPS) is 10.8. The van der Waals surface area contributed by atoms with Crippen molar-refractivity contribution in [1.29, 1.82) is 0 Å². The fraction of sp³-hybridized carbons (Fsp3) is 0.0625. The summed E-state index contributed by atoms with van der Waals surface area (Å²) >= 11 is 6.31. The highest BCUT2D eigenvalue weighted by molar-refractivity contribution is 6.34. The minimum Gasteiger partial charge on any atom is -0.322 e. The first-order chi connectivity index (χ1) is 9.13. The third-order valence-electron chi connectivity index (χ3n) is 3.17. The molecule has 0 unspecified atom stereocenters. The minimum absolute atomic E-state index is 0.119. The van der Waals surface area contributed by atoms with Gasteiger partial charge in [0.15, 0.2) is 0 Å². The van der Waals surface area contributed by atoms with Crippen molar-refractivity contribution in [1.82, 2.24) is 4.98 Å². The maximum absolute atomic E-state index is 11.3. The number of benzene rings is 2. The first kappa shape index (κ1) is 12.0. The number of nitrogens with one attached hydrogen (secondary N) is 1. The molecule has 0 saturated carbocycles. The zero-order valence-corrected chi connectivity index (χ0v) is 11.2. The number of aromatic nitrogens is 1. The van der Waals surface area contributed by atoms with Gasteiger partial charge < -0.3 is 4.98 Å². The van der Waals surface area contributed by atoms with E-state index in [1.807, 2.05) is 24.3 Å². The molecule has 1 N–H and O–H groups in total. The van der Waals surface area contributed by atoms with E-state index in [9.17, 15) is 4.79 Å². The molecule has 0 aliphatic carbocycles. The molecule has 0 aliphatic heterocycles. The molecule has 0 fully saturated rings. The van der Waals surface area contributed by atoms with Gasteiger partial charge in [-0.15, -0.1) is 0 Å². The molecule has 1 aromatic heterocycles. The van der Waals surface area contributed by atoms with E-state index in [4.69, 9.17) is 11.6 Å². The Balaban J connectivity index is 2.24. The van der Waals surface area contributed by atoms with Crippen molar-refractivity contribution < 1.29 is 0 Å². The van der Waals surface area contributed by atoms with Crippen LogP contribution in [0.1, 0.15) is 5.56 Å². The Hall–Kier alpha value is -2.06. The van der Waals surface area contributed by atoms with E-state index in [1.54, 1.807) is 6.07 Å². The molecule has 3 aromatic rings. The molecule has 0 spiro atoms. The van der Waals surface area contributed by atoms with Crippen molar-refractivity contribution in [2.75, 3.05) is 0 Å². The van der Waals surface area contributed by atoms with E-state index in [0.29, 0.717) is 5.02 Å². The van der Waals surface area contributed by atoms with Crippen molar-refractivity contribution in [3.63, 3.8) is 0 Å². The number of hydrogen-bond acceptors (Lipinski definition) is 1. The molecule has 0 atom stereocenters. The number of hydrogen-bond donors (Lipinski definition) is 1. The first-order valence-electron chi connectivity index (χ1n) is 6.03. The number of H-pyrrole nitrogens is 1. The Morgan fingerprint density at radius 1 is 1.00 bits per heavy atom. The van der Waals surface area contributed by atoms with E-state index < -0.39 is 0 Å². The summed E-state index contributed by atoms with van der Waals surface area (Å²) in [6.07, 6.45) is 0. The Kier molecular flexibility index (Phi) is 2.88. The third kappa shape index (κ3) is 2.27. The fourth-order valence-corrected chi connectivity index (χ4v) is 2.40. The van der Waals surface area contributed by atoms with Crippen molar-refractivity contribution in [3.05, 3.63) is 69.5 Å². The van der Waals surface area contributed by atoms with Crippen LogP contribution in [0, 0.1) is 6.92 Å². The monoisotopic (exact) mass is 269 g/mol. The smallest absolute Gasteiger partial charge is 0.248 e. The van der Waals surface area contributed by atoms with Gasteiger partial charge >= 0.3 is 0 Å². The van der Waals surface area contributed by atoms with Gasteiger partial charge in [0.25, 0.3) is 0 Å². The number of fused-ring (bicyclic) bond motifs is 1. The fourth-order valence-electron chi connectivity index (χ4n) is 2.13. The summed E-state index contributed by atoms with van der Waals surface area (Å²) in [5, 5.41) is 1.61. The van der Waals surface area contributed by atoms with Crippen LogP contribution in [0.15, 0.2) is 53.3 Å². The zero-order chi connectivity index (χ0) is 13.4. The molecular formula is C16H12ClNO. The summed E-state index contributed by atoms with van der Waals surface area (Å²) in [6.45, 7) is 2.05. The lowest BCUT2D eigenvalue weighted by Gasteiger charge is -2.07. The number of aromatic amines is 1. The van der Waals surface area contributed by atoms with Crippen molar-refractivity contribution in [2.45, 2.75) is 6.92 Å². The second-order valence-corrected chi connectivity index (χ2v) is 5.02. The lowest BCUT2D eigenvalue weighted by Crippen LogP contribution is -2.02. The summed E-state index contributed by atoms with van der Waals surface area (Å²) in [5.74, 6) is 0. The van der Waals surface area contributed by atoms with Gasteiger partial charge in [0.05, 0.1) is 5.02 Å². The molecule has 0 aliphatic rings. The molecule has 3 heteroatoms. The van der Waals surface area contributed by atoms with Gasteiger partial charge in [0, 0.05) is 17.1 Å². The predicted molar refractivity (Wildman–Crippen MR) is 79.8 cm³/mol. The van der Waals surface area contributed by atoms with E-state index >= 15 is 0 Å². The van der Waals surface area contributed by atoms with E-state index in [2.05, 4.69) is 24.0 Å². The van der Waals surface area contributed by atoms with Crippen LogP contribution in [-0.2, 0) is 0 Å². The van der Waals surface area contributed by atoms with Gasteiger partial charge in [-0.2, -0.15) is 0 Å². The van der Waals surface area contributed by atoms with Crippen LogP contribution < -0.4 is 5.56 Å². The molecule has 1 heterocycles. The molecule has 0 saturated heterocycles. The Bertz CT molecular complexity index is 803. The molecule has 0 bridgehead atoms. The van der Waals surface area contributed by atoms with E-state index in [0.717, 1.165) is 22.0 Å². The SMILES string of the molecule is Cc1ccc(-c2cc3ccc(=O)[nH]c3cc2Cl)cc1. The van der Waals surface area contributed by atoms with Crippen LogP contribution in [0.2, 0.25) is 5.02 Å². The Labute approximate surface area is 115 Å². The topological polar surface area (TPSA) is 32.9 Å². The van der Waals surface area contributed by atoms with Gasteiger partial charge in [0.2, 0.25) is 5.56 Å². The largest absolute Gasteiger partial charge is 0.322 e. The highest BCUT2D eigenvalue weighted by atomic mass is 35.5. The molecule has 94 valence electrons. The number of aryl methyl sites for hydroxylation is 1. The molecular weight excluding hydrogens is 258 g/mol. The van der Waals surface area contributed by atoms with Gasteiger partial charge in [-0.05, 0) is 36.1 Å². The van der Waals surface area contributed by atoms with Crippen molar-refractivity contribution in [3.8, 4) is 11.1 Å². The van der Waals surface area contributed by atoms with Crippen LogP contribution in [0.5, 0.6) is 0 Å².